The van der Waals surface area contributed by atoms with Crippen LogP contribution in [0.1, 0.15) is 22.8 Å². The molecule has 2 rings (SSSR count). The highest BCUT2D eigenvalue weighted by atomic mass is 19.1. The highest BCUT2D eigenvalue weighted by molar-refractivity contribution is 5.99. The fourth-order valence-corrected chi connectivity index (χ4v) is 1.73. The number of anilines is 1. The molecular weight excluding hydrogens is 259 g/mol. The van der Waals surface area contributed by atoms with Gasteiger partial charge in [0.25, 0.3) is 0 Å². The lowest BCUT2D eigenvalue weighted by Crippen LogP contribution is -2.00. The van der Waals surface area contributed by atoms with E-state index >= 15 is 0 Å². The zero-order valence-electron chi connectivity index (χ0n) is 10.7. The van der Waals surface area contributed by atoms with Gasteiger partial charge in [-0.05, 0) is 37.3 Å². The van der Waals surface area contributed by atoms with E-state index in [1.165, 1.54) is 37.3 Å². The van der Waals surface area contributed by atoms with Gasteiger partial charge in [0, 0.05) is 11.3 Å². The Hall–Kier alpha value is -2.87. The van der Waals surface area contributed by atoms with Gasteiger partial charge in [0.05, 0.1) is 0 Å². The molecule has 5 heteroatoms. The minimum atomic E-state index is -0.660. The molecule has 0 saturated carbocycles. The van der Waals surface area contributed by atoms with Crippen molar-refractivity contribution in [1.29, 1.82) is 5.26 Å². The molecular formula is C15H11FN2O2. The van der Waals surface area contributed by atoms with Crippen LogP contribution in [0.25, 0.3) is 0 Å². The van der Waals surface area contributed by atoms with Gasteiger partial charge in [-0.1, -0.05) is 6.07 Å². The fraction of sp³-hybridized carbons (Fsp3) is 0.0667. The van der Waals surface area contributed by atoms with E-state index in [2.05, 4.69) is 0 Å². The number of carbonyl (C=O) groups is 1. The third-order valence-electron chi connectivity index (χ3n) is 2.72. The topological polar surface area (TPSA) is 76.1 Å². The summed E-state index contributed by atoms with van der Waals surface area (Å²) in [5.74, 6) is -0.460. The minimum Gasteiger partial charge on any atom is -0.456 e. The summed E-state index contributed by atoms with van der Waals surface area (Å²) >= 11 is 0. The normalized spacial score (nSPS) is 9.85. The summed E-state index contributed by atoms with van der Waals surface area (Å²) in [6, 6.07) is 10.4. The minimum absolute atomic E-state index is 0.0896. The number of carbonyl (C=O) groups excluding carboxylic acids is 1. The maximum atomic E-state index is 13.4. The van der Waals surface area contributed by atoms with Crippen LogP contribution in [0.2, 0.25) is 0 Å². The van der Waals surface area contributed by atoms with Crippen LogP contribution >= 0.6 is 0 Å². The maximum absolute atomic E-state index is 13.4. The second-order valence-electron chi connectivity index (χ2n) is 4.13. The average Bonchev–Trinajstić information content (AvgIpc) is 2.41. The summed E-state index contributed by atoms with van der Waals surface area (Å²) in [5, 5.41) is 8.92. The van der Waals surface area contributed by atoms with Crippen LogP contribution < -0.4 is 10.5 Å². The molecule has 0 aromatic heterocycles. The predicted octanol–water partition coefficient (Wildman–Crippen LogP) is 3.27. The van der Waals surface area contributed by atoms with Gasteiger partial charge in [-0.25, -0.2) is 4.39 Å². The Morgan fingerprint density at radius 3 is 2.75 bits per heavy atom. The highest BCUT2D eigenvalue weighted by Crippen LogP contribution is 2.28. The van der Waals surface area contributed by atoms with E-state index in [-0.39, 0.29) is 17.1 Å². The smallest absolute Gasteiger partial charge is 0.162 e. The van der Waals surface area contributed by atoms with Gasteiger partial charge in [-0.15, -0.1) is 0 Å². The molecule has 20 heavy (non-hydrogen) atoms. The van der Waals surface area contributed by atoms with E-state index in [0.29, 0.717) is 17.0 Å². The number of halogens is 1. The third-order valence-corrected chi connectivity index (χ3v) is 2.72. The Morgan fingerprint density at radius 1 is 1.35 bits per heavy atom. The van der Waals surface area contributed by atoms with Gasteiger partial charge in [0.2, 0.25) is 0 Å². The van der Waals surface area contributed by atoms with Crippen molar-refractivity contribution in [1.82, 2.24) is 0 Å². The monoisotopic (exact) mass is 270 g/mol. The molecule has 0 aliphatic heterocycles. The van der Waals surface area contributed by atoms with Crippen LogP contribution in [-0.4, -0.2) is 5.78 Å². The number of ketones is 1. The SMILES string of the molecule is CC(=O)c1cc(Oc2cccc(F)c2C#N)ccc1N. The molecule has 0 atom stereocenters. The first-order chi connectivity index (χ1) is 9.52. The Kier molecular flexibility index (Phi) is 3.67. The van der Waals surface area contributed by atoms with Crippen molar-refractivity contribution >= 4 is 11.5 Å². The number of nitriles is 1. The van der Waals surface area contributed by atoms with Gasteiger partial charge in [0.1, 0.15) is 28.9 Å². The molecule has 0 spiro atoms. The molecule has 2 aromatic carbocycles. The number of nitrogen functional groups attached to an aromatic ring is 1. The van der Waals surface area contributed by atoms with Crippen molar-refractivity contribution in [3.05, 3.63) is 53.3 Å². The zero-order chi connectivity index (χ0) is 14.7. The largest absolute Gasteiger partial charge is 0.456 e. The molecule has 100 valence electrons. The van der Waals surface area contributed by atoms with Crippen molar-refractivity contribution in [3.63, 3.8) is 0 Å². The van der Waals surface area contributed by atoms with Crippen molar-refractivity contribution < 1.29 is 13.9 Å². The van der Waals surface area contributed by atoms with E-state index in [4.69, 9.17) is 15.7 Å². The Morgan fingerprint density at radius 2 is 2.10 bits per heavy atom. The van der Waals surface area contributed by atoms with Crippen LogP contribution in [0.15, 0.2) is 36.4 Å². The van der Waals surface area contributed by atoms with E-state index in [9.17, 15) is 9.18 Å². The quantitative estimate of drug-likeness (QED) is 0.686. The highest BCUT2D eigenvalue weighted by Gasteiger charge is 2.12. The number of Topliss-reactive ketones (excluding diaryl/α,β-unsaturated/α-hetero) is 1. The van der Waals surface area contributed by atoms with E-state index in [0.717, 1.165) is 0 Å². The number of hydrogen-bond acceptors (Lipinski definition) is 4. The molecule has 2 N–H and O–H groups in total. The van der Waals surface area contributed by atoms with Crippen LogP contribution in [0.4, 0.5) is 10.1 Å². The molecule has 4 nitrogen and oxygen atoms in total. The summed E-state index contributed by atoms with van der Waals surface area (Å²) in [6.45, 7) is 1.39. The van der Waals surface area contributed by atoms with Crippen molar-refractivity contribution in [2.75, 3.05) is 5.73 Å². The van der Waals surface area contributed by atoms with Crippen LogP contribution in [0, 0.1) is 17.1 Å². The molecule has 0 bridgehead atoms. The van der Waals surface area contributed by atoms with Crippen molar-refractivity contribution in [2.45, 2.75) is 6.92 Å². The van der Waals surface area contributed by atoms with Crippen LogP contribution in [0.3, 0.4) is 0 Å². The zero-order valence-corrected chi connectivity index (χ0v) is 10.7. The summed E-state index contributed by atoms with van der Waals surface area (Å²) in [7, 11) is 0. The van der Waals surface area contributed by atoms with Gasteiger partial charge in [-0.2, -0.15) is 5.26 Å². The average molecular weight is 270 g/mol. The van der Waals surface area contributed by atoms with Crippen LogP contribution in [-0.2, 0) is 0 Å². The van der Waals surface area contributed by atoms with E-state index in [1.54, 1.807) is 12.1 Å². The first-order valence-electron chi connectivity index (χ1n) is 5.80. The maximum Gasteiger partial charge on any atom is 0.162 e. The molecule has 0 aliphatic rings. The number of rotatable bonds is 3. The van der Waals surface area contributed by atoms with Crippen LogP contribution in [0.5, 0.6) is 11.5 Å². The standard InChI is InChI=1S/C15H11FN2O2/c1-9(19)11-7-10(5-6-14(11)18)20-15-4-2-3-13(16)12(15)8-17/h2-7H,18H2,1H3. The number of ether oxygens (including phenoxy) is 1. The number of benzene rings is 2. The number of nitrogens with two attached hydrogens (primary N) is 1. The van der Waals surface area contributed by atoms with Crippen molar-refractivity contribution in [2.24, 2.45) is 0 Å². The first-order valence-corrected chi connectivity index (χ1v) is 5.80. The molecule has 0 amide bonds. The van der Waals surface area contributed by atoms with Gasteiger partial charge in [0.15, 0.2) is 5.78 Å². The molecule has 0 fully saturated rings. The summed E-state index contributed by atoms with van der Waals surface area (Å²) in [5.41, 5.74) is 6.14. The van der Waals surface area contributed by atoms with Gasteiger partial charge in [-0.3, -0.25) is 4.79 Å². The third kappa shape index (κ3) is 2.59. The summed E-state index contributed by atoms with van der Waals surface area (Å²) in [6.07, 6.45) is 0. The molecule has 2 aromatic rings. The number of hydrogen-bond donors (Lipinski definition) is 1. The molecule has 0 saturated heterocycles. The summed E-state index contributed by atoms with van der Waals surface area (Å²) in [4.78, 5) is 11.4. The van der Waals surface area contributed by atoms with E-state index < -0.39 is 5.82 Å². The predicted molar refractivity (Wildman–Crippen MR) is 72.0 cm³/mol. The van der Waals surface area contributed by atoms with Gasteiger partial charge < -0.3 is 10.5 Å². The van der Waals surface area contributed by atoms with Crippen molar-refractivity contribution in [3.8, 4) is 17.6 Å². The van der Waals surface area contributed by atoms with Gasteiger partial charge >= 0.3 is 0 Å². The Labute approximate surface area is 115 Å². The second-order valence-corrected chi connectivity index (χ2v) is 4.13. The number of nitrogens with zero attached hydrogens (tertiary/aromatic N) is 1. The lowest BCUT2D eigenvalue weighted by atomic mass is 10.1. The molecule has 0 radical (unpaired) electrons. The second kappa shape index (κ2) is 5.41. The molecule has 0 heterocycles. The van der Waals surface area contributed by atoms with E-state index in [1.807, 2.05) is 0 Å². The first kappa shape index (κ1) is 13.6. The molecule has 0 aliphatic carbocycles. The molecule has 0 unspecified atom stereocenters. The Balaban J connectivity index is 2.41. The Bertz CT molecular complexity index is 720. The summed E-state index contributed by atoms with van der Waals surface area (Å²) < 4.78 is 18.9. The lowest BCUT2D eigenvalue weighted by Gasteiger charge is -2.10. The lowest BCUT2D eigenvalue weighted by molar-refractivity contribution is 0.101. The fourth-order valence-electron chi connectivity index (χ4n) is 1.73.